The van der Waals surface area contributed by atoms with Crippen molar-refractivity contribution in [2.24, 2.45) is 4.99 Å². The predicted molar refractivity (Wildman–Crippen MR) is 62.6 cm³/mol. The molecule has 2 rings (SSSR count). The van der Waals surface area contributed by atoms with Crippen molar-refractivity contribution in [3.63, 3.8) is 0 Å². The maximum Gasteiger partial charge on any atom is 0.212 e. The highest BCUT2D eigenvalue weighted by Crippen LogP contribution is 2.18. The monoisotopic (exact) mass is 199 g/mol. The van der Waals surface area contributed by atoms with Crippen LogP contribution in [0.4, 0.5) is 0 Å². The number of fused-ring (bicyclic) bond motifs is 2. The molecule has 0 saturated heterocycles. The lowest BCUT2D eigenvalue weighted by Crippen LogP contribution is -1.94. The molecule has 0 radical (unpaired) electrons. The Morgan fingerprint density at radius 2 is 1.80 bits per heavy atom. The Hall–Kier alpha value is -1.83. The van der Waals surface area contributed by atoms with Crippen LogP contribution < -0.4 is 0 Å². The summed E-state index contributed by atoms with van der Waals surface area (Å²) in [6, 6.07) is 0. The van der Waals surface area contributed by atoms with E-state index in [1.54, 1.807) is 13.3 Å². The van der Waals surface area contributed by atoms with Crippen LogP contribution in [0.3, 0.4) is 0 Å². The molecule has 0 fully saturated rings. The molecule has 0 aromatic carbocycles. The molecule has 2 aliphatic rings. The third kappa shape index (κ3) is 2.56. The van der Waals surface area contributed by atoms with E-state index in [1.807, 2.05) is 30.4 Å². The first-order valence-corrected chi connectivity index (χ1v) is 4.91. The average Bonchev–Trinajstić information content (AvgIpc) is 2.41. The second kappa shape index (κ2) is 4.60. The molecule has 2 bridgehead atoms. The maximum absolute atomic E-state index is 5.11. The van der Waals surface area contributed by atoms with Crippen molar-refractivity contribution in [2.75, 3.05) is 7.11 Å². The normalized spacial score (nSPS) is 19.1. The van der Waals surface area contributed by atoms with Crippen molar-refractivity contribution in [3.05, 3.63) is 59.9 Å². The minimum atomic E-state index is 0.628. The summed E-state index contributed by atoms with van der Waals surface area (Å²) >= 11 is 0. The number of allylic oxidation sites excluding steroid dienone is 8. The van der Waals surface area contributed by atoms with E-state index in [-0.39, 0.29) is 0 Å². The predicted octanol–water partition coefficient (Wildman–Crippen LogP) is 2.93. The first-order chi connectivity index (χ1) is 7.38. The zero-order valence-corrected chi connectivity index (χ0v) is 8.68. The van der Waals surface area contributed by atoms with Crippen molar-refractivity contribution < 1.29 is 4.74 Å². The maximum atomic E-state index is 5.11. The number of aliphatic imine (C=N–C) groups is 1. The van der Waals surface area contributed by atoms with Gasteiger partial charge in [-0.1, -0.05) is 30.4 Å². The van der Waals surface area contributed by atoms with Gasteiger partial charge in [0.25, 0.3) is 0 Å². The fourth-order valence-electron chi connectivity index (χ4n) is 1.49. The zero-order valence-electron chi connectivity index (χ0n) is 8.68. The highest BCUT2D eigenvalue weighted by atomic mass is 16.5. The molecule has 76 valence electrons. The van der Waals surface area contributed by atoms with E-state index in [9.17, 15) is 0 Å². The van der Waals surface area contributed by atoms with Crippen LogP contribution in [0.1, 0.15) is 6.42 Å². The molecule has 1 aliphatic heterocycles. The molecule has 0 aromatic rings. The smallest absolute Gasteiger partial charge is 0.212 e. The molecular formula is C13H13NO. The highest BCUT2D eigenvalue weighted by molar-refractivity contribution is 5.88. The summed E-state index contributed by atoms with van der Waals surface area (Å²) in [6.07, 6.45) is 16.9. The number of methoxy groups -OCH3 is 1. The first-order valence-electron chi connectivity index (χ1n) is 4.91. The molecule has 0 saturated carbocycles. The minimum Gasteiger partial charge on any atom is -0.481 e. The van der Waals surface area contributed by atoms with Crippen LogP contribution in [0.2, 0.25) is 0 Å². The Kier molecular flexibility index (Phi) is 2.98. The molecule has 15 heavy (non-hydrogen) atoms. The number of nitrogens with zero attached hydrogens (tertiary/aromatic N) is 1. The first kappa shape index (κ1) is 9.71. The Morgan fingerprint density at radius 3 is 2.53 bits per heavy atom. The number of rotatable bonds is 0. The van der Waals surface area contributed by atoms with Crippen LogP contribution in [0.5, 0.6) is 0 Å². The lowest BCUT2D eigenvalue weighted by molar-refractivity contribution is 0.407. The summed E-state index contributed by atoms with van der Waals surface area (Å²) in [7, 11) is 1.63. The molecule has 2 heteroatoms. The third-order valence-electron chi connectivity index (χ3n) is 2.28. The van der Waals surface area contributed by atoms with Crippen LogP contribution >= 0.6 is 0 Å². The fraction of sp³-hybridized carbons (Fsp3) is 0.154. The lowest BCUT2D eigenvalue weighted by Gasteiger charge is -1.99. The van der Waals surface area contributed by atoms with Gasteiger partial charge in [0.05, 0.1) is 7.11 Å². The fourth-order valence-corrected chi connectivity index (χ4v) is 1.49. The standard InChI is InChI=1S/C13H13NO/c1-15-13-7-6-11-4-2-3-5-12(10-11)8-9-14-13/h2-9H,10H2,1H3. The van der Waals surface area contributed by atoms with Gasteiger partial charge >= 0.3 is 0 Å². The minimum absolute atomic E-state index is 0.628. The second-order valence-electron chi connectivity index (χ2n) is 3.37. The molecule has 2 nitrogen and oxygen atoms in total. The third-order valence-corrected chi connectivity index (χ3v) is 2.28. The van der Waals surface area contributed by atoms with E-state index in [4.69, 9.17) is 4.74 Å². The molecule has 0 unspecified atom stereocenters. The second-order valence-corrected chi connectivity index (χ2v) is 3.37. The zero-order chi connectivity index (χ0) is 10.5. The van der Waals surface area contributed by atoms with E-state index in [2.05, 4.69) is 17.1 Å². The largest absolute Gasteiger partial charge is 0.481 e. The van der Waals surface area contributed by atoms with E-state index in [1.165, 1.54) is 11.1 Å². The van der Waals surface area contributed by atoms with Crippen LogP contribution in [-0.2, 0) is 4.74 Å². The number of hydrogen-bond acceptors (Lipinski definition) is 2. The number of hydrogen-bond donors (Lipinski definition) is 0. The summed E-state index contributed by atoms with van der Waals surface area (Å²) in [5.41, 5.74) is 2.51. The summed E-state index contributed by atoms with van der Waals surface area (Å²) in [6.45, 7) is 0. The summed E-state index contributed by atoms with van der Waals surface area (Å²) in [4.78, 5) is 4.19. The van der Waals surface area contributed by atoms with Crippen LogP contribution in [0.25, 0.3) is 0 Å². The van der Waals surface area contributed by atoms with Crippen molar-refractivity contribution in [3.8, 4) is 0 Å². The molecular weight excluding hydrogens is 186 g/mol. The van der Waals surface area contributed by atoms with Crippen LogP contribution in [-0.4, -0.2) is 13.0 Å². The lowest BCUT2D eigenvalue weighted by atomic mass is 10.1. The van der Waals surface area contributed by atoms with Crippen molar-refractivity contribution >= 4 is 5.90 Å². The Morgan fingerprint density at radius 1 is 1.07 bits per heavy atom. The van der Waals surface area contributed by atoms with E-state index in [0.717, 1.165) is 6.42 Å². The molecule has 1 heterocycles. The molecule has 0 aromatic heterocycles. The highest BCUT2D eigenvalue weighted by Gasteiger charge is 2.01. The average molecular weight is 199 g/mol. The van der Waals surface area contributed by atoms with E-state index >= 15 is 0 Å². The quantitative estimate of drug-likeness (QED) is 0.587. The van der Waals surface area contributed by atoms with Gasteiger partial charge in [0.15, 0.2) is 0 Å². The van der Waals surface area contributed by atoms with Crippen molar-refractivity contribution in [2.45, 2.75) is 6.42 Å². The summed E-state index contributed by atoms with van der Waals surface area (Å²) in [5, 5.41) is 0. The van der Waals surface area contributed by atoms with E-state index in [0.29, 0.717) is 5.90 Å². The van der Waals surface area contributed by atoms with Gasteiger partial charge < -0.3 is 4.74 Å². The Bertz CT molecular complexity index is 420. The SMILES string of the molecule is COC1=NC=CC2=CC=CC=C(C=C1)C2. The molecule has 0 atom stereocenters. The molecule has 1 aliphatic carbocycles. The molecule has 0 spiro atoms. The van der Waals surface area contributed by atoms with Gasteiger partial charge in [0.1, 0.15) is 0 Å². The van der Waals surface area contributed by atoms with Gasteiger partial charge in [-0.15, -0.1) is 0 Å². The van der Waals surface area contributed by atoms with Crippen molar-refractivity contribution in [1.29, 1.82) is 0 Å². The van der Waals surface area contributed by atoms with Gasteiger partial charge in [0, 0.05) is 12.3 Å². The molecule has 0 amide bonds. The van der Waals surface area contributed by atoms with Gasteiger partial charge in [0.2, 0.25) is 5.90 Å². The summed E-state index contributed by atoms with van der Waals surface area (Å²) in [5.74, 6) is 0.628. The van der Waals surface area contributed by atoms with Crippen LogP contribution in [0.15, 0.2) is 64.9 Å². The number of ether oxygens (including phenoxy) is 1. The Labute approximate surface area is 89.7 Å². The summed E-state index contributed by atoms with van der Waals surface area (Å²) < 4.78 is 5.11. The molecule has 0 N–H and O–H groups in total. The van der Waals surface area contributed by atoms with Crippen LogP contribution in [0, 0.1) is 0 Å². The van der Waals surface area contributed by atoms with Crippen molar-refractivity contribution in [1.82, 2.24) is 0 Å². The van der Waals surface area contributed by atoms with Gasteiger partial charge in [-0.2, -0.15) is 0 Å². The van der Waals surface area contributed by atoms with Gasteiger partial charge in [-0.05, 0) is 23.6 Å². The van der Waals surface area contributed by atoms with Gasteiger partial charge in [-0.3, -0.25) is 0 Å². The topological polar surface area (TPSA) is 21.6 Å². The van der Waals surface area contributed by atoms with E-state index < -0.39 is 0 Å². The van der Waals surface area contributed by atoms with Gasteiger partial charge in [-0.25, -0.2) is 4.99 Å². The Balaban J connectivity index is 2.38.